The van der Waals surface area contributed by atoms with Crippen LogP contribution in [0.2, 0.25) is 0 Å². The quantitative estimate of drug-likeness (QED) is 0.352. The van der Waals surface area contributed by atoms with Crippen molar-refractivity contribution in [3.8, 4) is 0 Å². The summed E-state index contributed by atoms with van der Waals surface area (Å²) in [7, 11) is 10.2. The molecule has 0 aliphatic heterocycles. The second-order valence-electron chi connectivity index (χ2n) is 1.15. The third-order valence-electron chi connectivity index (χ3n) is 0.547. The molecule has 0 bridgehead atoms. The van der Waals surface area contributed by atoms with Gasteiger partial charge in [-0.3, -0.25) is 0 Å². The Bertz CT molecular complexity index is 145. The van der Waals surface area contributed by atoms with Crippen LogP contribution >= 0.6 is 0 Å². The zero-order valence-electron chi connectivity index (χ0n) is 3.59. The molecule has 1 aromatic heterocycles. The molecule has 4 radical (unpaired) electrons. The van der Waals surface area contributed by atoms with E-state index in [0.29, 0.717) is 5.59 Å². The van der Waals surface area contributed by atoms with Gasteiger partial charge in [0.25, 0.3) is 0 Å². The molecule has 1 heterocycles. The smallest absolute Gasteiger partial charge is 0.171 e. The SMILES string of the molecule is [B]c1cc([B])on1. The van der Waals surface area contributed by atoms with E-state index in [4.69, 9.17) is 15.7 Å². The Balaban J connectivity index is 3.04. The zero-order chi connectivity index (χ0) is 5.28. The minimum Gasteiger partial charge on any atom is -0.374 e. The highest BCUT2D eigenvalue weighted by Crippen LogP contribution is 1.63. The van der Waals surface area contributed by atoms with Gasteiger partial charge in [-0.2, -0.15) is 0 Å². The van der Waals surface area contributed by atoms with Crippen molar-refractivity contribution in [2.24, 2.45) is 0 Å². The molecule has 2 nitrogen and oxygen atoms in total. The minimum absolute atomic E-state index is 0.248. The van der Waals surface area contributed by atoms with Gasteiger partial charge in [0.2, 0.25) is 0 Å². The average molecular weight is 88.7 g/mol. The van der Waals surface area contributed by atoms with E-state index in [2.05, 4.69) is 9.68 Å². The van der Waals surface area contributed by atoms with E-state index in [1.807, 2.05) is 0 Å². The fourth-order valence-corrected chi connectivity index (χ4v) is 0.304. The Morgan fingerprint density at radius 2 is 2.29 bits per heavy atom. The van der Waals surface area contributed by atoms with Crippen LogP contribution < -0.4 is 11.3 Å². The van der Waals surface area contributed by atoms with Gasteiger partial charge in [-0.15, -0.1) is 0 Å². The molecular weight excluding hydrogens is 87.7 g/mol. The first kappa shape index (κ1) is 4.50. The number of rotatable bonds is 0. The Hall–Kier alpha value is -0.660. The molecule has 0 amide bonds. The van der Waals surface area contributed by atoms with E-state index in [9.17, 15) is 0 Å². The van der Waals surface area contributed by atoms with E-state index in [-0.39, 0.29) is 5.66 Å². The normalized spacial score (nSPS) is 9.14. The first-order valence-electron chi connectivity index (χ1n) is 1.77. The van der Waals surface area contributed by atoms with Crippen molar-refractivity contribution in [3.05, 3.63) is 6.07 Å². The van der Waals surface area contributed by atoms with Gasteiger partial charge in [-0.05, 0) is 6.07 Å². The van der Waals surface area contributed by atoms with E-state index >= 15 is 0 Å². The summed E-state index contributed by atoms with van der Waals surface area (Å²) in [6.07, 6.45) is 0. The summed E-state index contributed by atoms with van der Waals surface area (Å²) in [5.74, 6) is 0. The first-order chi connectivity index (χ1) is 3.29. The molecule has 30 valence electrons. The van der Waals surface area contributed by atoms with E-state index in [1.54, 1.807) is 0 Å². The number of hydrogen-bond acceptors (Lipinski definition) is 2. The lowest BCUT2D eigenvalue weighted by molar-refractivity contribution is 0.452. The van der Waals surface area contributed by atoms with E-state index in [1.165, 1.54) is 6.07 Å². The molecule has 0 atom stereocenters. The molecule has 0 aliphatic rings. The van der Waals surface area contributed by atoms with Crippen molar-refractivity contribution in [3.63, 3.8) is 0 Å². The number of nitrogens with zero attached hydrogens (tertiary/aromatic N) is 1. The van der Waals surface area contributed by atoms with E-state index < -0.39 is 0 Å². The molecule has 1 aromatic rings. The van der Waals surface area contributed by atoms with Gasteiger partial charge >= 0.3 is 0 Å². The van der Waals surface area contributed by atoms with Gasteiger partial charge in [-0.1, -0.05) is 5.16 Å². The van der Waals surface area contributed by atoms with Gasteiger partial charge in [0, 0.05) is 5.59 Å². The van der Waals surface area contributed by atoms with Gasteiger partial charge in [-0.25, -0.2) is 0 Å². The average Bonchev–Trinajstić information content (AvgIpc) is 1.87. The lowest BCUT2D eigenvalue weighted by Gasteiger charge is -1.66. The van der Waals surface area contributed by atoms with Crippen LogP contribution in [0.5, 0.6) is 0 Å². The fourth-order valence-electron chi connectivity index (χ4n) is 0.304. The molecule has 0 N–H and O–H groups in total. The van der Waals surface area contributed by atoms with Crippen LogP contribution in [0.1, 0.15) is 0 Å². The highest BCUT2D eigenvalue weighted by molar-refractivity contribution is 6.35. The first-order valence-corrected chi connectivity index (χ1v) is 1.77. The molecule has 7 heavy (non-hydrogen) atoms. The maximum Gasteiger partial charge on any atom is 0.171 e. The minimum atomic E-state index is 0.248. The molecule has 0 fully saturated rings. The molecule has 0 aliphatic carbocycles. The van der Waals surface area contributed by atoms with Crippen LogP contribution in [0.15, 0.2) is 10.6 Å². The molecule has 4 heteroatoms. The number of aromatic nitrogens is 1. The summed E-state index contributed by atoms with van der Waals surface area (Å²) in [4.78, 5) is 0. The Labute approximate surface area is 43.7 Å². The van der Waals surface area contributed by atoms with Crippen molar-refractivity contribution >= 4 is 26.9 Å². The maximum atomic E-state index is 5.09. The third kappa shape index (κ3) is 0.856. The van der Waals surface area contributed by atoms with Gasteiger partial charge in [0.05, 0.1) is 5.66 Å². The van der Waals surface area contributed by atoms with Crippen LogP contribution in [0, 0.1) is 0 Å². The van der Waals surface area contributed by atoms with Crippen LogP contribution in [0.4, 0.5) is 0 Å². The highest BCUT2D eigenvalue weighted by Gasteiger charge is 1.87. The van der Waals surface area contributed by atoms with Crippen molar-refractivity contribution in [2.75, 3.05) is 0 Å². The molecular formula is C3HB2NO. The van der Waals surface area contributed by atoms with Gasteiger partial charge in [0.15, 0.2) is 7.85 Å². The fraction of sp³-hybridized carbons (Fsp3) is 0. The zero-order valence-corrected chi connectivity index (χ0v) is 3.59. The number of hydrogen-bond donors (Lipinski definition) is 0. The summed E-state index contributed by atoms with van der Waals surface area (Å²) < 4.78 is 4.37. The van der Waals surface area contributed by atoms with Crippen LogP contribution in [0.3, 0.4) is 0 Å². The van der Waals surface area contributed by atoms with Crippen molar-refractivity contribution in [2.45, 2.75) is 0 Å². The van der Waals surface area contributed by atoms with Crippen molar-refractivity contribution in [1.82, 2.24) is 5.16 Å². The lowest BCUT2D eigenvalue weighted by atomic mass is 10.00. The summed E-state index contributed by atoms with van der Waals surface area (Å²) >= 11 is 0. The highest BCUT2D eigenvalue weighted by atomic mass is 16.5. The molecule has 0 aromatic carbocycles. The van der Waals surface area contributed by atoms with Crippen LogP contribution in [0.25, 0.3) is 0 Å². The standard InChI is InChI=1S/C3HB2NO/c4-2-1-3(5)7-6-2/h1H. The predicted molar refractivity (Wildman–Crippen MR) is 27.3 cm³/mol. The van der Waals surface area contributed by atoms with Crippen LogP contribution in [-0.2, 0) is 0 Å². The third-order valence-corrected chi connectivity index (χ3v) is 0.547. The Morgan fingerprint density at radius 3 is 2.43 bits per heavy atom. The molecule has 0 unspecified atom stereocenters. The Morgan fingerprint density at radius 1 is 1.57 bits per heavy atom. The topological polar surface area (TPSA) is 26.0 Å². The molecule has 1 rings (SSSR count). The predicted octanol–water partition coefficient (Wildman–Crippen LogP) is -1.74. The summed E-state index contributed by atoms with van der Waals surface area (Å²) in [6.45, 7) is 0. The second kappa shape index (κ2) is 1.45. The largest absolute Gasteiger partial charge is 0.374 e. The van der Waals surface area contributed by atoms with Crippen molar-refractivity contribution < 1.29 is 4.52 Å². The van der Waals surface area contributed by atoms with Crippen molar-refractivity contribution in [1.29, 1.82) is 0 Å². The maximum absolute atomic E-state index is 5.09. The second-order valence-corrected chi connectivity index (χ2v) is 1.15. The van der Waals surface area contributed by atoms with Gasteiger partial charge in [0.1, 0.15) is 7.85 Å². The summed E-state index contributed by atoms with van der Waals surface area (Å²) in [5.41, 5.74) is 0.565. The monoisotopic (exact) mass is 89.0 g/mol. The molecule has 0 saturated carbocycles. The lowest BCUT2D eigenvalue weighted by Crippen LogP contribution is -2.02. The molecule has 0 spiro atoms. The summed E-state index contributed by atoms with van der Waals surface area (Å²) in [6, 6.07) is 1.44. The summed E-state index contributed by atoms with van der Waals surface area (Å²) in [5, 5.41) is 3.29. The van der Waals surface area contributed by atoms with Gasteiger partial charge < -0.3 is 4.52 Å². The Kier molecular flexibility index (Phi) is 0.929. The van der Waals surface area contributed by atoms with E-state index in [0.717, 1.165) is 0 Å². The van der Waals surface area contributed by atoms with Crippen LogP contribution in [-0.4, -0.2) is 20.8 Å². The molecule has 0 saturated heterocycles.